The van der Waals surface area contributed by atoms with E-state index < -0.39 is 113 Å². The van der Waals surface area contributed by atoms with Crippen LogP contribution in [-0.2, 0) is 76.2 Å². The molecule has 4 rings (SSSR count). The molecule has 0 unspecified atom stereocenters. The van der Waals surface area contributed by atoms with Gasteiger partial charge in [0.15, 0.2) is 36.8 Å². The van der Waals surface area contributed by atoms with Crippen molar-refractivity contribution in [3.63, 3.8) is 0 Å². The minimum absolute atomic E-state index is 0.203. The average Bonchev–Trinajstić information content (AvgIpc) is 3.10. The molecule has 2 fully saturated rings. The number of hydrogen-bond acceptors (Lipinski definition) is 17. The fraction of sp³-hybridized carbons (Fsp3) is 0.514. The molecule has 0 spiro atoms. The van der Waals surface area contributed by atoms with E-state index in [1.165, 1.54) is 0 Å². The van der Waals surface area contributed by atoms with Crippen LogP contribution < -0.4 is 10.1 Å². The maximum absolute atomic E-state index is 13.4. The number of esters is 6. The number of methoxy groups -OCH3 is 1. The van der Waals surface area contributed by atoms with Gasteiger partial charge in [-0.15, -0.1) is 0 Å². The second-order valence-corrected chi connectivity index (χ2v) is 14.6. The summed E-state index contributed by atoms with van der Waals surface area (Å²) in [6.07, 6.45) is -15.9. The average molecular weight is 851 g/mol. The Kier molecular flexibility index (Phi) is 15.1. The van der Waals surface area contributed by atoms with Gasteiger partial charge in [0.1, 0.15) is 30.6 Å². The van der Waals surface area contributed by atoms with Crippen LogP contribution in [0.1, 0.15) is 34.6 Å². The quantitative estimate of drug-likeness (QED) is 0.184. The van der Waals surface area contributed by atoms with Crippen LogP contribution >= 0.6 is 34.8 Å². The normalized spacial score (nSPS) is 27.5. The number of rotatable bonds is 12. The van der Waals surface area contributed by atoms with Gasteiger partial charge < -0.3 is 52.7 Å². The molecule has 0 bridgehead atoms. The fourth-order valence-electron chi connectivity index (χ4n) is 5.99. The van der Waals surface area contributed by atoms with E-state index in [4.69, 9.17) is 82.2 Å². The number of benzene rings is 2. The smallest absolute Gasteiger partial charge is 0.339 e. The van der Waals surface area contributed by atoms with Gasteiger partial charge in [-0.05, 0) is 11.5 Å². The van der Waals surface area contributed by atoms with Gasteiger partial charge in [-0.3, -0.25) is 28.8 Å². The van der Waals surface area contributed by atoms with Crippen molar-refractivity contribution >= 4 is 87.3 Å². The lowest BCUT2D eigenvalue weighted by atomic mass is 9.94. The second-order valence-electron chi connectivity index (χ2n) is 12.3. The zero-order valence-corrected chi connectivity index (χ0v) is 32.9. The Hall–Kier alpha value is -4.46. The lowest BCUT2D eigenvalue weighted by Crippen LogP contribution is -2.70. The summed E-state index contributed by atoms with van der Waals surface area (Å²) in [5, 5.41) is 3.78. The topological polar surface area (TPSA) is 224 Å². The van der Waals surface area contributed by atoms with Crippen molar-refractivity contribution in [2.75, 3.05) is 13.7 Å². The molecule has 10 atom stereocenters. The van der Waals surface area contributed by atoms with Crippen LogP contribution in [0.3, 0.4) is 0 Å². The van der Waals surface area contributed by atoms with E-state index in [1.807, 2.05) is 0 Å². The monoisotopic (exact) mass is 849 g/mol. The molecule has 2 aromatic carbocycles. The summed E-state index contributed by atoms with van der Waals surface area (Å²) in [5.74, 6) is -6.82. The number of carbonyl (C=O) groups excluding carboxylic acids is 7. The molecule has 0 radical (unpaired) electrons. The molecule has 0 aliphatic carbocycles. The van der Waals surface area contributed by atoms with Crippen LogP contribution in [-0.4, -0.2) is 121 Å². The number of ether oxygens (including phenoxy) is 10. The first-order valence-electron chi connectivity index (χ1n) is 16.7. The van der Waals surface area contributed by atoms with E-state index in [9.17, 15) is 33.6 Å². The molecule has 2 aliphatic heterocycles. The van der Waals surface area contributed by atoms with Gasteiger partial charge in [0.2, 0.25) is 6.29 Å². The van der Waals surface area contributed by atoms with Crippen molar-refractivity contribution in [3.8, 4) is 5.75 Å². The number of nitrogens with one attached hydrogen (secondary N) is 1. The molecule has 2 aliphatic rings. The van der Waals surface area contributed by atoms with Crippen molar-refractivity contribution in [2.45, 2.75) is 99.8 Å². The molecule has 1 amide bonds. The minimum Gasteiger partial charge on any atom is -0.467 e. The molecule has 2 aromatic rings. The highest BCUT2D eigenvalue weighted by Crippen LogP contribution is 2.37. The Bertz CT molecular complexity index is 1800. The van der Waals surface area contributed by atoms with E-state index in [1.54, 1.807) is 42.5 Å². The zero-order chi connectivity index (χ0) is 41.5. The van der Waals surface area contributed by atoms with Crippen LogP contribution in [0.2, 0.25) is 0 Å². The second kappa shape index (κ2) is 19.1. The lowest BCUT2D eigenvalue weighted by molar-refractivity contribution is -0.337. The molecular weight excluding hydrogens is 813 g/mol. The van der Waals surface area contributed by atoms with Crippen molar-refractivity contribution in [3.05, 3.63) is 42.5 Å². The van der Waals surface area contributed by atoms with Gasteiger partial charge in [0.25, 0.3) is 9.70 Å². The maximum Gasteiger partial charge on any atom is 0.339 e. The number of amides is 1. The SMILES string of the molecule is COC(=O)[C@H]1O[C@@H](O[C@@H]2[C@@H](NC(=O)C(Cl)(Cl)Cl)[C@@H](Oc3cccc4ccccc34)O[C@H](COC(C)=O)[C@@H]2OC(C)=O)[C@H](OC(C)=O)[C@@H](OC(C)=O)[C@@H]1OC(C)=O. The van der Waals surface area contributed by atoms with E-state index in [-0.39, 0.29) is 5.75 Å². The minimum atomic E-state index is -2.62. The zero-order valence-electron chi connectivity index (χ0n) is 30.6. The van der Waals surface area contributed by atoms with Crippen LogP contribution in [0.4, 0.5) is 0 Å². The molecule has 2 heterocycles. The summed E-state index contributed by atoms with van der Waals surface area (Å²) in [6.45, 7) is 4.50. The van der Waals surface area contributed by atoms with Crippen molar-refractivity contribution in [1.82, 2.24) is 5.32 Å². The molecule has 56 heavy (non-hydrogen) atoms. The summed E-state index contributed by atoms with van der Waals surface area (Å²) < 4.78 is 54.3. The number of halogens is 3. The molecular formula is C35H38Cl3NO17. The molecule has 1 N–H and O–H groups in total. The molecule has 2 saturated heterocycles. The van der Waals surface area contributed by atoms with Crippen molar-refractivity contribution in [2.24, 2.45) is 0 Å². The number of alkyl halides is 3. The maximum atomic E-state index is 13.4. The number of fused-ring (bicyclic) bond motifs is 1. The Morgan fingerprint density at radius 3 is 1.84 bits per heavy atom. The van der Waals surface area contributed by atoms with Crippen LogP contribution in [0.5, 0.6) is 5.75 Å². The highest BCUT2D eigenvalue weighted by molar-refractivity contribution is 6.76. The van der Waals surface area contributed by atoms with E-state index in [2.05, 4.69) is 5.32 Å². The molecule has 0 saturated carbocycles. The summed E-state index contributed by atoms with van der Waals surface area (Å²) in [6, 6.07) is 10.4. The predicted molar refractivity (Wildman–Crippen MR) is 190 cm³/mol. The highest BCUT2D eigenvalue weighted by atomic mass is 35.6. The van der Waals surface area contributed by atoms with Gasteiger partial charge in [-0.25, -0.2) is 4.79 Å². The third kappa shape index (κ3) is 11.3. The summed E-state index contributed by atoms with van der Waals surface area (Å²) in [5.41, 5.74) is 0. The molecule has 306 valence electrons. The fourth-order valence-corrected chi connectivity index (χ4v) is 6.15. The van der Waals surface area contributed by atoms with Crippen LogP contribution in [0, 0.1) is 0 Å². The summed E-state index contributed by atoms with van der Waals surface area (Å²) in [4.78, 5) is 88.4. The van der Waals surface area contributed by atoms with Gasteiger partial charge in [-0.2, -0.15) is 0 Å². The number of carbonyl (C=O) groups is 7. The lowest BCUT2D eigenvalue weighted by Gasteiger charge is -2.49. The van der Waals surface area contributed by atoms with E-state index in [0.717, 1.165) is 47.1 Å². The third-order valence-electron chi connectivity index (χ3n) is 8.07. The third-order valence-corrected chi connectivity index (χ3v) is 8.59. The number of hydrogen-bond donors (Lipinski definition) is 1. The Labute approximate surface area is 334 Å². The van der Waals surface area contributed by atoms with Gasteiger partial charge >= 0.3 is 35.8 Å². The van der Waals surface area contributed by atoms with E-state index in [0.29, 0.717) is 5.39 Å². The molecule has 21 heteroatoms. The van der Waals surface area contributed by atoms with Gasteiger partial charge in [0.05, 0.1) is 7.11 Å². The first-order valence-corrected chi connectivity index (χ1v) is 17.8. The Morgan fingerprint density at radius 2 is 1.25 bits per heavy atom. The Morgan fingerprint density at radius 1 is 0.679 bits per heavy atom. The van der Waals surface area contributed by atoms with Crippen LogP contribution in [0.25, 0.3) is 10.8 Å². The van der Waals surface area contributed by atoms with Crippen molar-refractivity contribution < 1.29 is 80.9 Å². The largest absolute Gasteiger partial charge is 0.467 e. The van der Waals surface area contributed by atoms with Gasteiger partial charge in [0, 0.05) is 40.0 Å². The predicted octanol–water partition coefficient (Wildman–Crippen LogP) is 2.37. The molecule has 18 nitrogen and oxygen atoms in total. The summed E-state index contributed by atoms with van der Waals surface area (Å²) >= 11 is 17.9. The molecule has 0 aromatic heterocycles. The van der Waals surface area contributed by atoms with Crippen molar-refractivity contribution in [1.29, 1.82) is 0 Å². The summed E-state index contributed by atoms with van der Waals surface area (Å²) in [7, 11) is 0.984. The first-order chi connectivity index (χ1) is 26.3. The standard InChI is InChI=1S/C35H38Cl3NO17/c1-15(40)48-14-23-25(49-16(2)41)26(24(39-34(46)35(36,37)38)32(54-23)53-22-13-9-11-20-10-7-8-12-21(20)22)55-33-30(52-19(5)44)28(51-18(4)43)27(50-17(3)42)29(56-33)31(45)47-6/h7-13,23-30,32-33H,14H2,1-6H3,(H,39,46)/t23-,24-,25+,26-,27+,28+,29+,30-,32+,33-/m1/s1. The van der Waals surface area contributed by atoms with E-state index >= 15 is 0 Å². The first kappa shape index (κ1) is 44.3. The Balaban J connectivity index is 1.94. The highest BCUT2D eigenvalue weighted by Gasteiger charge is 2.59. The van der Waals surface area contributed by atoms with Crippen LogP contribution in [0.15, 0.2) is 42.5 Å². The van der Waals surface area contributed by atoms with Gasteiger partial charge in [-0.1, -0.05) is 71.2 Å².